The van der Waals surface area contributed by atoms with Gasteiger partial charge in [-0.15, -0.1) is 11.3 Å². The lowest BCUT2D eigenvalue weighted by Crippen LogP contribution is -2.39. The number of halogens is 1. The molecule has 0 unspecified atom stereocenters. The molecule has 1 aromatic heterocycles. The summed E-state index contributed by atoms with van der Waals surface area (Å²) in [5.41, 5.74) is 0.476. The molecule has 5 heteroatoms. The molecule has 124 valence electrons. The van der Waals surface area contributed by atoms with Crippen LogP contribution in [-0.2, 0) is 11.3 Å². The van der Waals surface area contributed by atoms with E-state index >= 15 is 0 Å². The number of hydrogen-bond donors (Lipinski definition) is 2. The highest BCUT2D eigenvalue weighted by Gasteiger charge is 2.34. The van der Waals surface area contributed by atoms with E-state index in [4.69, 9.17) is 11.6 Å². The Morgan fingerprint density at radius 3 is 2.39 bits per heavy atom. The van der Waals surface area contributed by atoms with Gasteiger partial charge in [0.2, 0.25) is 0 Å². The van der Waals surface area contributed by atoms with Crippen molar-refractivity contribution in [2.24, 2.45) is 5.41 Å². The molecular weight excluding hydrogens is 330 g/mol. The van der Waals surface area contributed by atoms with E-state index in [9.17, 15) is 9.90 Å². The van der Waals surface area contributed by atoms with Crippen molar-refractivity contribution >= 4 is 28.9 Å². The van der Waals surface area contributed by atoms with Crippen molar-refractivity contribution in [1.29, 1.82) is 0 Å². The van der Waals surface area contributed by atoms with Crippen molar-refractivity contribution < 1.29 is 9.90 Å². The van der Waals surface area contributed by atoms with Gasteiger partial charge in [0.1, 0.15) is 0 Å². The quantitative estimate of drug-likeness (QED) is 0.699. The zero-order valence-electron chi connectivity index (χ0n) is 13.4. The van der Waals surface area contributed by atoms with Crippen molar-refractivity contribution in [2.75, 3.05) is 6.54 Å². The van der Waals surface area contributed by atoms with E-state index in [1.807, 2.05) is 38.1 Å². The molecule has 0 aliphatic heterocycles. The number of rotatable bonds is 8. The number of nitrogens with one attached hydrogen (secondary N) is 1. The van der Waals surface area contributed by atoms with Crippen LogP contribution in [0.2, 0.25) is 5.02 Å². The van der Waals surface area contributed by atoms with Gasteiger partial charge in [-0.3, -0.25) is 4.79 Å². The van der Waals surface area contributed by atoms with Gasteiger partial charge < -0.3 is 10.4 Å². The Hall–Kier alpha value is -1.36. The summed E-state index contributed by atoms with van der Waals surface area (Å²) in [5.74, 6) is -0.719. The van der Waals surface area contributed by atoms with Crippen molar-refractivity contribution in [1.82, 2.24) is 5.32 Å². The molecule has 0 spiro atoms. The molecule has 0 saturated carbocycles. The third-order valence-electron chi connectivity index (χ3n) is 4.36. The van der Waals surface area contributed by atoms with Gasteiger partial charge in [0.25, 0.3) is 0 Å². The first kappa shape index (κ1) is 18.0. The number of benzene rings is 1. The molecule has 1 aromatic carbocycles. The summed E-state index contributed by atoms with van der Waals surface area (Å²) in [6, 6.07) is 12.0. The molecule has 0 aliphatic rings. The summed E-state index contributed by atoms with van der Waals surface area (Å²) < 4.78 is 0. The second kappa shape index (κ2) is 7.95. The highest BCUT2D eigenvalue weighted by atomic mass is 35.5. The Bertz CT molecular complexity index is 647. The fourth-order valence-electron chi connectivity index (χ4n) is 2.55. The largest absolute Gasteiger partial charge is 0.481 e. The van der Waals surface area contributed by atoms with Gasteiger partial charge in [-0.05, 0) is 42.7 Å². The number of carboxylic acid groups (broad SMARTS) is 1. The number of thiophene rings is 1. The van der Waals surface area contributed by atoms with E-state index < -0.39 is 11.4 Å². The Balaban J connectivity index is 1.97. The lowest BCUT2D eigenvalue weighted by molar-refractivity contribution is -0.149. The maximum absolute atomic E-state index is 11.5. The maximum atomic E-state index is 11.5. The number of carbonyl (C=O) groups is 1. The van der Waals surface area contributed by atoms with Crippen LogP contribution in [0.5, 0.6) is 0 Å². The van der Waals surface area contributed by atoms with Gasteiger partial charge in [0.05, 0.1) is 5.41 Å². The first-order chi connectivity index (χ1) is 11.0. The van der Waals surface area contributed by atoms with Crippen LogP contribution in [0, 0.1) is 5.41 Å². The first-order valence-corrected chi connectivity index (χ1v) is 8.99. The molecule has 0 atom stereocenters. The average molecular weight is 352 g/mol. The summed E-state index contributed by atoms with van der Waals surface area (Å²) in [6.07, 6.45) is 1.26. The molecule has 3 nitrogen and oxygen atoms in total. The van der Waals surface area contributed by atoms with Crippen LogP contribution >= 0.6 is 22.9 Å². The van der Waals surface area contributed by atoms with Crippen molar-refractivity contribution in [3.05, 3.63) is 46.3 Å². The third-order valence-corrected chi connectivity index (χ3v) is 5.75. The molecule has 0 fully saturated rings. The summed E-state index contributed by atoms with van der Waals surface area (Å²) >= 11 is 7.63. The van der Waals surface area contributed by atoms with Crippen molar-refractivity contribution in [2.45, 2.75) is 33.2 Å². The van der Waals surface area contributed by atoms with E-state index in [0.29, 0.717) is 25.9 Å². The van der Waals surface area contributed by atoms with Crippen LogP contribution in [0.1, 0.15) is 31.6 Å². The molecule has 2 N–H and O–H groups in total. The number of aliphatic carboxylic acids is 1. The van der Waals surface area contributed by atoms with E-state index in [-0.39, 0.29) is 0 Å². The van der Waals surface area contributed by atoms with Crippen LogP contribution in [-0.4, -0.2) is 17.6 Å². The second-order valence-electron chi connectivity index (χ2n) is 5.67. The van der Waals surface area contributed by atoms with Gasteiger partial charge >= 0.3 is 5.97 Å². The van der Waals surface area contributed by atoms with Crippen LogP contribution in [0.15, 0.2) is 36.4 Å². The topological polar surface area (TPSA) is 49.3 Å². The SMILES string of the molecule is CCC(CC)(CNCc1ccc(-c2ccc(Cl)cc2)s1)C(=O)O. The molecule has 1 heterocycles. The van der Waals surface area contributed by atoms with Crippen LogP contribution in [0.3, 0.4) is 0 Å². The van der Waals surface area contributed by atoms with E-state index in [1.165, 1.54) is 9.75 Å². The molecule has 0 aliphatic carbocycles. The minimum absolute atomic E-state index is 0.490. The molecule has 2 rings (SSSR count). The standard InChI is InChI=1S/C18H22ClNO2S/c1-3-18(4-2,17(21)22)12-20-11-15-9-10-16(23-15)13-5-7-14(19)8-6-13/h5-10,20H,3-4,11-12H2,1-2H3,(H,21,22). The highest BCUT2D eigenvalue weighted by Crippen LogP contribution is 2.30. The molecule has 23 heavy (non-hydrogen) atoms. The fraction of sp³-hybridized carbons (Fsp3) is 0.389. The third kappa shape index (κ3) is 4.34. The fourth-order valence-corrected chi connectivity index (χ4v) is 3.65. The van der Waals surface area contributed by atoms with Crippen LogP contribution in [0.4, 0.5) is 0 Å². The van der Waals surface area contributed by atoms with Crippen molar-refractivity contribution in [3.8, 4) is 10.4 Å². The average Bonchev–Trinajstić information content (AvgIpc) is 3.01. The zero-order valence-corrected chi connectivity index (χ0v) is 15.0. The van der Waals surface area contributed by atoms with Gasteiger partial charge in [-0.25, -0.2) is 0 Å². The summed E-state index contributed by atoms with van der Waals surface area (Å²) in [7, 11) is 0. The molecular formula is C18H22ClNO2S. The maximum Gasteiger partial charge on any atom is 0.310 e. The lowest BCUT2D eigenvalue weighted by atomic mass is 9.82. The molecule has 0 saturated heterocycles. The Kier molecular flexibility index (Phi) is 6.22. The number of hydrogen-bond acceptors (Lipinski definition) is 3. The first-order valence-electron chi connectivity index (χ1n) is 7.79. The van der Waals surface area contributed by atoms with Gasteiger partial charge in [0, 0.05) is 27.9 Å². The summed E-state index contributed by atoms with van der Waals surface area (Å²) in [5, 5.41) is 13.5. The van der Waals surface area contributed by atoms with Gasteiger partial charge in [-0.2, -0.15) is 0 Å². The molecule has 0 amide bonds. The van der Waals surface area contributed by atoms with Gasteiger partial charge in [-0.1, -0.05) is 37.6 Å². The molecule has 0 radical (unpaired) electrons. The monoisotopic (exact) mass is 351 g/mol. The smallest absolute Gasteiger partial charge is 0.310 e. The lowest BCUT2D eigenvalue weighted by Gasteiger charge is -2.26. The van der Waals surface area contributed by atoms with E-state index in [0.717, 1.165) is 10.6 Å². The number of carboxylic acids is 1. The molecule has 0 bridgehead atoms. The highest BCUT2D eigenvalue weighted by molar-refractivity contribution is 7.15. The predicted molar refractivity (Wildman–Crippen MR) is 97.1 cm³/mol. The second-order valence-corrected chi connectivity index (χ2v) is 7.27. The molecule has 2 aromatic rings. The normalized spacial score (nSPS) is 11.6. The van der Waals surface area contributed by atoms with Gasteiger partial charge in [0.15, 0.2) is 0 Å². The Labute approximate surface area is 146 Å². The van der Waals surface area contributed by atoms with Crippen LogP contribution < -0.4 is 5.32 Å². The van der Waals surface area contributed by atoms with Crippen molar-refractivity contribution in [3.63, 3.8) is 0 Å². The minimum Gasteiger partial charge on any atom is -0.481 e. The minimum atomic E-state index is -0.719. The predicted octanol–water partition coefficient (Wildman–Crippen LogP) is 5.05. The van der Waals surface area contributed by atoms with Crippen LogP contribution in [0.25, 0.3) is 10.4 Å². The zero-order chi connectivity index (χ0) is 16.9. The summed E-state index contributed by atoms with van der Waals surface area (Å²) in [6.45, 7) is 5.04. The Morgan fingerprint density at radius 1 is 1.17 bits per heavy atom. The summed E-state index contributed by atoms with van der Waals surface area (Å²) in [4.78, 5) is 13.9. The Morgan fingerprint density at radius 2 is 1.83 bits per heavy atom. The van der Waals surface area contributed by atoms with E-state index in [1.54, 1.807) is 11.3 Å². The van der Waals surface area contributed by atoms with E-state index in [2.05, 4.69) is 17.4 Å².